The van der Waals surface area contributed by atoms with Crippen molar-refractivity contribution in [3.05, 3.63) is 35.4 Å². The monoisotopic (exact) mass is 253 g/mol. The van der Waals surface area contributed by atoms with Crippen LogP contribution in [0.2, 0.25) is 0 Å². The largest absolute Gasteiger partial charge is 0.293 e. The van der Waals surface area contributed by atoms with Gasteiger partial charge in [-0.15, -0.1) is 0 Å². The maximum Gasteiger partial charge on any atom is 0.176 e. The van der Waals surface area contributed by atoms with E-state index in [2.05, 4.69) is 16.9 Å². The predicted octanol–water partition coefficient (Wildman–Crippen LogP) is 1.97. The summed E-state index contributed by atoms with van der Waals surface area (Å²) in [4.78, 5) is 20.6. The second-order valence-electron chi connectivity index (χ2n) is 5.65. The number of carbonyl (C=O) groups excluding carboxylic acids is 1. The lowest BCUT2D eigenvalue weighted by atomic mass is 9.58. The molecule has 1 aromatic rings. The topological polar surface area (TPSA) is 66.6 Å². The summed E-state index contributed by atoms with van der Waals surface area (Å²) in [7, 11) is 0. The maximum atomic E-state index is 12.1. The third-order valence-corrected chi connectivity index (χ3v) is 4.64. The minimum absolute atomic E-state index is 0.0255. The summed E-state index contributed by atoms with van der Waals surface area (Å²) in [5.41, 5.74) is 2.06. The van der Waals surface area contributed by atoms with Crippen LogP contribution in [0.5, 0.6) is 0 Å². The minimum Gasteiger partial charge on any atom is -0.293 e. The lowest BCUT2D eigenvalue weighted by Gasteiger charge is -2.45. The van der Waals surface area contributed by atoms with E-state index in [1.165, 1.54) is 0 Å². The highest BCUT2D eigenvalue weighted by atomic mass is 16.1. The van der Waals surface area contributed by atoms with Crippen LogP contribution in [0.4, 0.5) is 0 Å². The Bertz CT molecular complexity index is 629. The number of hydrogen-bond acceptors (Lipinski definition) is 4. The molecule has 0 unspecified atom stereocenters. The molecule has 1 heterocycles. The summed E-state index contributed by atoms with van der Waals surface area (Å²) >= 11 is 0. The van der Waals surface area contributed by atoms with Crippen LogP contribution in [0.1, 0.15) is 31.5 Å². The van der Waals surface area contributed by atoms with Crippen molar-refractivity contribution in [2.45, 2.75) is 32.1 Å². The van der Waals surface area contributed by atoms with Crippen LogP contribution in [0.3, 0.4) is 0 Å². The number of aryl methyl sites for hydroxylation is 1. The maximum absolute atomic E-state index is 12.1. The van der Waals surface area contributed by atoms with E-state index >= 15 is 0 Å². The first-order chi connectivity index (χ1) is 9.08. The molecule has 1 aromatic heterocycles. The summed E-state index contributed by atoms with van der Waals surface area (Å²) in [6.45, 7) is 4.02. The fourth-order valence-corrected chi connectivity index (χ4v) is 3.64. The number of ketones is 1. The van der Waals surface area contributed by atoms with E-state index in [1.807, 2.05) is 25.3 Å². The molecule has 0 fully saturated rings. The molecule has 2 aliphatic rings. The Balaban J connectivity index is 2.24. The summed E-state index contributed by atoms with van der Waals surface area (Å²) in [5.74, 6) is 0.0785. The van der Waals surface area contributed by atoms with Crippen molar-refractivity contribution in [2.24, 2.45) is 11.8 Å². The molecular formula is C15H15N3O. The SMILES string of the molecule is C[C@H]1C(=O)C(C#N)=C[C@@]2(C)c3ncncc3CC[C@H]12. The molecule has 0 amide bonds. The molecule has 0 radical (unpaired) electrons. The van der Waals surface area contributed by atoms with Gasteiger partial charge in [0, 0.05) is 17.5 Å². The molecule has 19 heavy (non-hydrogen) atoms. The second kappa shape index (κ2) is 3.99. The van der Waals surface area contributed by atoms with Crippen LogP contribution >= 0.6 is 0 Å². The van der Waals surface area contributed by atoms with Gasteiger partial charge in [0.1, 0.15) is 12.4 Å². The van der Waals surface area contributed by atoms with Crippen LogP contribution in [-0.4, -0.2) is 15.8 Å². The third kappa shape index (κ3) is 1.54. The zero-order valence-corrected chi connectivity index (χ0v) is 11.1. The number of fused-ring (bicyclic) bond motifs is 3. The van der Waals surface area contributed by atoms with Crippen LogP contribution in [-0.2, 0) is 16.6 Å². The number of rotatable bonds is 0. The normalized spacial score (nSPS) is 32.9. The standard InChI is InChI=1S/C15H15N3O/c1-9-12-4-3-10-7-17-8-18-14(10)15(12,2)5-11(6-16)13(9)19/h5,7-9,12H,3-4H2,1-2H3/t9-,12-,15-/m1/s1. The third-order valence-electron chi connectivity index (χ3n) is 4.64. The summed E-state index contributed by atoms with van der Waals surface area (Å²) < 4.78 is 0. The number of nitriles is 1. The second-order valence-corrected chi connectivity index (χ2v) is 5.65. The van der Waals surface area contributed by atoms with Crippen LogP contribution < -0.4 is 0 Å². The first-order valence-electron chi connectivity index (χ1n) is 6.54. The van der Waals surface area contributed by atoms with Crippen molar-refractivity contribution >= 4 is 5.78 Å². The number of nitrogens with zero attached hydrogens (tertiary/aromatic N) is 3. The quantitative estimate of drug-likeness (QED) is 0.709. The lowest BCUT2D eigenvalue weighted by Crippen LogP contribution is -2.45. The highest BCUT2D eigenvalue weighted by Crippen LogP contribution is 2.48. The summed E-state index contributed by atoms with van der Waals surface area (Å²) in [6, 6.07) is 2.04. The van der Waals surface area contributed by atoms with Crippen molar-refractivity contribution in [3.63, 3.8) is 0 Å². The average Bonchev–Trinajstić information content (AvgIpc) is 2.43. The molecular weight excluding hydrogens is 238 g/mol. The van der Waals surface area contributed by atoms with Gasteiger partial charge in [-0.25, -0.2) is 9.97 Å². The van der Waals surface area contributed by atoms with E-state index in [4.69, 9.17) is 5.26 Å². The van der Waals surface area contributed by atoms with E-state index in [0.717, 1.165) is 24.1 Å². The lowest BCUT2D eigenvalue weighted by molar-refractivity contribution is -0.121. The number of allylic oxidation sites excluding steroid dienone is 2. The van der Waals surface area contributed by atoms with Crippen molar-refractivity contribution in [2.75, 3.05) is 0 Å². The van der Waals surface area contributed by atoms with Gasteiger partial charge in [-0.2, -0.15) is 5.26 Å². The molecule has 4 heteroatoms. The van der Waals surface area contributed by atoms with E-state index in [0.29, 0.717) is 0 Å². The van der Waals surface area contributed by atoms with Gasteiger partial charge in [-0.05, 0) is 24.3 Å². The Morgan fingerprint density at radius 1 is 1.53 bits per heavy atom. The smallest absolute Gasteiger partial charge is 0.176 e. The number of Topliss-reactive ketones (excluding diaryl/α,β-unsaturated/α-hetero) is 1. The number of carbonyl (C=O) groups is 1. The summed E-state index contributed by atoms with van der Waals surface area (Å²) in [6.07, 6.45) is 7.08. The zero-order valence-electron chi connectivity index (χ0n) is 11.1. The number of aromatic nitrogens is 2. The van der Waals surface area contributed by atoms with E-state index < -0.39 is 0 Å². The Morgan fingerprint density at radius 2 is 2.32 bits per heavy atom. The zero-order chi connectivity index (χ0) is 13.6. The van der Waals surface area contributed by atoms with Gasteiger partial charge >= 0.3 is 0 Å². The number of hydrogen-bond donors (Lipinski definition) is 0. The Morgan fingerprint density at radius 3 is 3.05 bits per heavy atom. The van der Waals surface area contributed by atoms with Gasteiger partial charge in [-0.3, -0.25) is 4.79 Å². The van der Waals surface area contributed by atoms with Crippen LogP contribution in [0.15, 0.2) is 24.2 Å². The van der Waals surface area contributed by atoms with Gasteiger partial charge in [0.25, 0.3) is 0 Å². The van der Waals surface area contributed by atoms with Crippen molar-refractivity contribution in [1.82, 2.24) is 9.97 Å². The van der Waals surface area contributed by atoms with E-state index in [1.54, 1.807) is 6.33 Å². The molecule has 0 N–H and O–H groups in total. The molecule has 2 aliphatic carbocycles. The van der Waals surface area contributed by atoms with E-state index in [-0.39, 0.29) is 28.6 Å². The first-order valence-corrected chi connectivity index (χ1v) is 6.54. The van der Waals surface area contributed by atoms with Gasteiger partial charge in [0.05, 0.1) is 11.3 Å². The first kappa shape index (κ1) is 12.0. The fourth-order valence-electron chi connectivity index (χ4n) is 3.64. The molecule has 0 aromatic carbocycles. The van der Waals surface area contributed by atoms with Crippen molar-refractivity contribution in [3.8, 4) is 6.07 Å². The fraction of sp³-hybridized carbons (Fsp3) is 0.467. The minimum atomic E-state index is -0.324. The van der Waals surface area contributed by atoms with Gasteiger partial charge < -0.3 is 0 Å². The highest BCUT2D eigenvalue weighted by molar-refractivity contribution is 6.02. The highest BCUT2D eigenvalue weighted by Gasteiger charge is 2.48. The van der Waals surface area contributed by atoms with Crippen LogP contribution in [0.25, 0.3) is 0 Å². The Hall–Kier alpha value is -2.02. The molecule has 96 valence electrons. The van der Waals surface area contributed by atoms with Gasteiger partial charge in [0.2, 0.25) is 0 Å². The van der Waals surface area contributed by atoms with Crippen molar-refractivity contribution < 1.29 is 4.79 Å². The summed E-state index contributed by atoms with van der Waals surface area (Å²) in [5, 5.41) is 9.16. The van der Waals surface area contributed by atoms with Crippen LogP contribution in [0, 0.1) is 23.2 Å². The molecule has 4 nitrogen and oxygen atoms in total. The molecule has 0 saturated carbocycles. The van der Waals surface area contributed by atoms with Gasteiger partial charge in [-0.1, -0.05) is 19.9 Å². The Kier molecular flexibility index (Phi) is 2.53. The molecule has 3 atom stereocenters. The van der Waals surface area contributed by atoms with Gasteiger partial charge in [0.15, 0.2) is 5.78 Å². The average molecular weight is 253 g/mol. The van der Waals surface area contributed by atoms with E-state index in [9.17, 15) is 4.79 Å². The predicted molar refractivity (Wildman–Crippen MR) is 69.1 cm³/mol. The Labute approximate surface area is 112 Å². The molecule has 0 aliphatic heterocycles. The molecule has 0 spiro atoms. The molecule has 0 saturated heterocycles. The molecule has 0 bridgehead atoms. The van der Waals surface area contributed by atoms with Crippen molar-refractivity contribution in [1.29, 1.82) is 5.26 Å². The molecule has 3 rings (SSSR count).